The Hall–Kier alpha value is -4.57. The van der Waals surface area contributed by atoms with Gasteiger partial charge in [0.05, 0.1) is 20.3 Å². The quantitative estimate of drug-likeness (QED) is 0.250. The van der Waals surface area contributed by atoms with Gasteiger partial charge in [0.25, 0.3) is 0 Å². The van der Waals surface area contributed by atoms with Crippen molar-refractivity contribution in [3.8, 4) is 11.5 Å². The lowest BCUT2D eigenvalue weighted by Gasteiger charge is -2.23. The van der Waals surface area contributed by atoms with E-state index < -0.39 is 36.2 Å². The first kappa shape index (κ1) is 31.0. The molecule has 0 aliphatic heterocycles. The number of rotatable bonds is 14. The number of aliphatic hydroxyl groups is 1. The summed E-state index contributed by atoms with van der Waals surface area (Å²) in [5.41, 5.74) is 2.01. The Morgan fingerprint density at radius 1 is 0.805 bits per heavy atom. The molecule has 0 aliphatic rings. The number of carbonyl (C=O) groups excluding carboxylic acids is 3. The smallest absolute Gasteiger partial charge is 0.408 e. The molecular formula is C31H36N2O8. The predicted octanol–water partition coefficient (Wildman–Crippen LogP) is 4.06. The van der Waals surface area contributed by atoms with Gasteiger partial charge in [-0.2, -0.15) is 0 Å². The predicted molar refractivity (Wildman–Crippen MR) is 151 cm³/mol. The highest BCUT2D eigenvalue weighted by atomic mass is 16.6. The average Bonchev–Trinajstić information content (AvgIpc) is 3.01. The van der Waals surface area contributed by atoms with Gasteiger partial charge in [-0.3, -0.25) is 4.79 Å². The number of benzene rings is 3. The van der Waals surface area contributed by atoms with E-state index in [-0.39, 0.29) is 26.1 Å². The van der Waals surface area contributed by atoms with Crippen molar-refractivity contribution in [1.29, 1.82) is 0 Å². The van der Waals surface area contributed by atoms with Gasteiger partial charge in [0.2, 0.25) is 5.91 Å². The van der Waals surface area contributed by atoms with Gasteiger partial charge in [-0.25, -0.2) is 9.59 Å². The summed E-state index contributed by atoms with van der Waals surface area (Å²) in [6.07, 6.45) is -2.09. The molecule has 3 atom stereocenters. The van der Waals surface area contributed by atoms with Gasteiger partial charge in [-0.05, 0) is 42.7 Å². The molecule has 10 heteroatoms. The molecule has 218 valence electrons. The molecule has 3 rings (SSSR count). The molecule has 0 fully saturated rings. The second-order valence-electron chi connectivity index (χ2n) is 9.30. The molecule has 0 heterocycles. The zero-order valence-corrected chi connectivity index (χ0v) is 23.4. The first-order valence-electron chi connectivity index (χ1n) is 13.2. The molecule has 3 aromatic rings. The van der Waals surface area contributed by atoms with Gasteiger partial charge in [0, 0.05) is 12.0 Å². The number of carbonyl (C=O) groups is 3. The molecule has 0 unspecified atom stereocenters. The maximum atomic E-state index is 12.9. The standard InChI is InChI=1S/C31H36N2O8/c1-21(29(35)25-18-24(38-2)14-16-27(25)39-3)32-28(34)17-15-26(30(36)40-19-22-10-6-4-7-11-22)33-31(37)41-20-23-12-8-5-9-13-23/h4-14,16,18,21,26,29,35H,15,17,19-20H2,1-3H3,(H,32,34)(H,33,37)/t21-,26-,29-/m0/s1. The van der Waals surface area contributed by atoms with E-state index in [1.165, 1.54) is 14.2 Å². The number of hydrogen-bond donors (Lipinski definition) is 3. The number of hydrogen-bond acceptors (Lipinski definition) is 8. The number of aliphatic hydroxyl groups excluding tert-OH is 1. The van der Waals surface area contributed by atoms with Crippen LogP contribution >= 0.6 is 0 Å². The third-order valence-electron chi connectivity index (χ3n) is 6.29. The summed E-state index contributed by atoms with van der Waals surface area (Å²) in [6.45, 7) is 1.67. The topological polar surface area (TPSA) is 132 Å². The van der Waals surface area contributed by atoms with Crippen molar-refractivity contribution in [1.82, 2.24) is 10.6 Å². The van der Waals surface area contributed by atoms with E-state index in [4.69, 9.17) is 18.9 Å². The van der Waals surface area contributed by atoms with Gasteiger partial charge in [0.1, 0.15) is 36.9 Å². The summed E-state index contributed by atoms with van der Waals surface area (Å²) in [4.78, 5) is 38.2. The summed E-state index contributed by atoms with van der Waals surface area (Å²) in [5, 5.41) is 16.1. The van der Waals surface area contributed by atoms with Crippen molar-refractivity contribution in [2.45, 2.75) is 51.2 Å². The average molecular weight is 565 g/mol. The minimum absolute atomic E-state index is 0.00864. The fourth-order valence-electron chi connectivity index (χ4n) is 4.01. The van der Waals surface area contributed by atoms with E-state index in [2.05, 4.69) is 10.6 Å². The molecule has 10 nitrogen and oxygen atoms in total. The molecule has 0 radical (unpaired) electrons. The fourth-order valence-corrected chi connectivity index (χ4v) is 4.01. The molecule has 2 amide bonds. The van der Waals surface area contributed by atoms with Crippen LogP contribution in [0.5, 0.6) is 11.5 Å². The van der Waals surface area contributed by atoms with E-state index in [0.717, 1.165) is 11.1 Å². The van der Waals surface area contributed by atoms with E-state index >= 15 is 0 Å². The number of methoxy groups -OCH3 is 2. The molecule has 0 saturated heterocycles. The second-order valence-corrected chi connectivity index (χ2v) is 9.30. The van der Waals surface area contributed by atoms with Crippen molar-refractivity contribution in [2.75, 3.05) is 14.2 Å². The Kier molecular flexibility index (Phi) is 12.0. The fraction of sp³-hybridized carbons (Fsp3) is 0.323. The van der Waals surface area contributed by atoms with Crippen molar-refractivity contribution in [2.24, 2.45) is 0 Å². The molecule has 0 aromatic heterocycles. The van der Waals surface area contributed by atoms with Crippen LogP contribution in [0, 0.1) is 0 Å². The van der Waals surface area contributed by atoms with Crippen LogP contribution in [0.4, 0.5) is 4.79 Å². The van der Waals surface area contributed by atoms with Crippen molar-refractivity contribution < 1.29 is 38.4 Å². The number of amides is 2. The summed E-state index contributed by atoms with van der Waals surface area (Å²) in [7, 11) is 2.99. The van der Waals surface area contributed by atoms with E-state index in [0.29, 0.717) is 17.1 Å². The van der Waals surface area contributed by atoms with Crippen LogP contribution in [0.3, 0.4) is 0 Å². The van der Waals surface area contributed by atoms with Crippen LogP contribution in [0.25, 0.3) is 0 Å². The molecule has 0 spiro atoms. The van der Waals surface area contributed by atoms with E-state index in [1.54, 1.807) is 49.4 Å². The van der Waals surface area contributed by atoms with Gasteiger partial charge in [-0.1, -0.05) is 60.7 Å². The Balaban J connectivity index is 1.60. The van der Waals surface area contributed by atoms with E-state index in [9.17, 15) is 19.5 Å². The Morgan fingerprint density at radius 2 is 1.41 bits per heavy atom. The third kappa shape index (κ3) is 9.84. The first-order chi connectivity index (χ1) is 19.8. The van der Waals surface area contributed by atoms with Crippen LogP contribution in [-0.4, -0.2) is 49.4 Å². The second kappa shape index (κ2) is 15.9. The number of ether oxygens (including phenoxy) is 4. The van der Waals surface area contributed by atoms with Crippen LogP contribution in [0.2, 0.25) is 0 Å². The van der Waals surface area contributed by atoms with Crippen LogP contribution in [-0.2, 0) is 32.3 Å². The normalized spacial score (nSPS) is 12.8. The SMILES string of the molecule is COc1ccc(OC)c([C@@H](O)[C@H](C)NC(=O)CC[C@H](NC(=O)OCc2ccccc2)C(=O)OCc2ccccc2)c1. The van der Waals surface area contributed by atoms with Crippen molar-refractivity contribution in [3.05, 3.63) is 95.6 Å². The Labute approximate surface area is 239 Å². The lowest BCUT2D eigenvalue weighted by atomic mass is 10.0. The minimum atomic E-state index is -1.13. The molecular weight excluding hydrogens is 528 g/mol. The van der Waals surface area contributed by atoms with Crippen LogP contribution in [0.15, 0.2) is 78.9 Å². The summed E-state index contributed by atoms with van der Waals surface area (Å²) in [6, 6.07) is 21.4. The van der Waals surface area contributed by atoms with E-state index in [1.807, 2.05) is 36.4 Å². The highest BCUT2D eigenvalue weighted by molar-refractivity contribution is 5.83. The largest absolute Gasteiger partial charge is 0.497 e. The van der Waals surface area contributed by atoms with Crippen molar-refractivity contribution in [3.63, 3.8) is 0 Å². The molecule has 0 saturated carbocycles. The minimum Gasteiger partial charge on any atom is -0.497 e. The highest BCUT2D eigenvalue weighted by Gasteiger charge is 2.26. The van der Waals surface area contributed by atoms with Crippen LogP contribution in [0.1, 0.15) is 42.6 Å². The van der Waals surface area contributed by atoms with Gasteiger partial charge in [0.15, 0.2) is 0 Å². The number of nitrogens with one attached hydrogen (secondary N) is 2. The Bertz CT molecular complexity index is 1270. The van der Waals surface area contributed by atoms with Gasteiger partial charge >= 0.3 is 12.1 Å². The number of alkyl carbamates (subject to hydrolysis) is 1. The first-order valence-corrected chi connectivity index (χ1v) is 13.2. The zero-order valence-electron chi connectivity index (χ0n) is 23.4. The van der Waals surface area contributed by atoms with Gasteiger partial charge < -0.3 is 34.7 Å². The maximum absolute atomic E-state index is 12.9. The summed E-state index contributed by atoms with van der Waals surface area (Å²) in [5.74, 6) is -0.162. The monoisotopic (exact) mass is 564 g/mol. The maximum Gasteiger partial charge on any atom is 0.408 e. The molecule has 41 heavy (non-hydrogen) atoms. The lowest BCUT2D eigenvalue weighted by Crippen LogP contribution is -2.43. The molecule has 3 aromatic carbocycles. The summed E-state index contributed by atoms with van der Waals surface area (Å²) >= 11 is 0. The summed E-state index contributed by atoms with van der Waals surface area (Å²) < 4.78 is 21.2. The highest BCUT2D eigenvalue weighted by Crippen LogP contribution is 2.31. The lowest BCUT2D eigenvalue weighted by molar-refractivity contribution is -0.147. The molecule has 0 aliphatic carbocycles. The van der Waals surface area contributed by atoms with Crippen LogP contribution < -0.4 is 20.1 Å². The third-order valence-corrected chi connectivity index (χ3v) is 6.29. The molecule has 0 bridgehead atoms. The number of esters is 1. The Morgan fingerprint density at radius 3 is 2.00 bits per heavy atom. The zero-order chi connectivity index (χ0) is 29.6. The molecule has 3 N–H and O–H groups in total. The van der Waals surface area contributed by atoms with Gasteiger partial charge in [-0.15, -0.1) is 0 Å². The van der Waals surface area contributed by atoms with Crippen molar-refractivity contribution >= 4 is 18.0 Å².